The van der Waals surface area contributed by atoms with Gasteiger partial charge in [0.15, 0.2) is 0 Å². The van der Waals surface area contributed by atoms with Crippen LogP contribution in [-0.2, 0) is 6.54 Å². The van der Waals surface area contributed by atoms with Gasteiger partial charge in [-0.1, -0.05) is 19.1 Å². The molecule has 2 amide bonds. The molecule has 4 N–H and O–H groups in total. The van der Waals surface area contributed by atoms with Crippen molar-refractivity contribution in [2.75, 3.05) is 5.73 Å². The van der Waals surface area contributed by atoms with Crippen molar-refractivity contribution < 1.29 is 9.59 Å². The summed E-state index contributed by atoms with van der Waals surface area (Å²) in [5.41, 5.74) is 8.24. The predicted octanol–water partition coefficient (Wildman–Crippen LogP) is 2.73. The summed E-state index contributed by atoms with van der Waals surface area (Å²) in [6.45, 7) is 4.34. The Kier molecular flexibility index (Phi) is 5.95. The number of amides is 2. The number of nitrogens with two attached hydrogens (primary N) is 1. The summed E-state index contributed by atoms with van der Waals surface area (Å²) < 4.78 is 0. The predicted molar refractivity (Wildman–Crippen MR) is 95.7 cm³/mol. The number of rotatable bonds is 6. The lowest BCUT2D eigenvalue weighted by Gasteiger charge is -2.12. The highest BCUT2D eigenvalue weighted by molar-refractivity contribution is 5.95. The van der Waals surface area contributed by atoms with E-state index in [1.54, 1.807) is 36.4 Å². The van der Waals surface area contributed by atoms with Crippen LogP contribution >= 0.6 is 0 Å². The monoisotopic (exact) mass is 325 g/mol. The molecule has 0 fully saturated rings. The van der Waals surface area contributed by atoms with E-state index in [0.29, 0.717) is 23.4 Å². The fourth-order valence-electron chi connectivity index (χ4n) is 2.15. The maximum atomic E-state index is 12.1. The highest BCUT2D eigenvalue weighted by Gasteiger charge is 2.10. The number of nitrogen functional groups attached to an aromatic ring is 1. The number of nitrogens with one attached hydrogen (secondary N) is 2. The third-order valence-corrected chi connectivity index (χ3v) is 3.80. The van der Waals surface area contributed by atoms with Crippen LogP contribution in [0, 0.1) is 0 Å². The Hall–Kier alpha value is -2.82. The molecule has 0 aliphatic carbocycles. The van der Waals surface area contributed by atoms with Crippen LogP contribution in [0.4, 0.5) is 5.69 Å². The molecule has 126 valence electrons. The Morgan fingerprint density at radius 2 is 1.75 bits per heavy atom. The maximum absolute atomic E-state index is 12.1. The first kappa shape index (κ1) is 17.5. The van der Waals surface area contributed by atoms with Gasteiger partial charge in [0.25, 0.3) is 11.8 Å². The van der Waals surface area contributed by atoms with Gasteiger partial charge in [0.05, 0.1) is 0 Å². The molecule has 0 aliphatic rings. The lowest BCUT2D eigenvalue weighted by molar-refractivity contribution is 0.0936. The quantitative estimate of drug-likeness (QED) is 0.714. The molecule has 5 heteroatoms. The maximum Gasteiger partial charge on any atom is 0.251 e. The largest absolute Gasteiger partial charge is 0.399 e. The van der Waals surface area contributed by atoms with Crippen LogP contribution in [0.2, 0.25) is 0 Å². The van der Waals surface area contributed by atoms with E-state index in [1.165, 1.54) is 0 Å². The minimum Gasteiger partial charge on any atom is -0.399 e. The van der Waals surface area contributed by atoms with Gasteiger partial charge in [-0.15, -0.1) is 0 Å². The second-order valence-electron chi connectivity index (χ2n) is 5.79. The number of benzene rings is 2. The Labute approximate surface area is 142 Å². The second-order valence-corrected chi connectivity index (χ2v) is 5.79. The Morgan fingerprint density at radius 3 is 2.42 bits per heavy atom. The standard InChI is InChI=1S/C19H23N3O2/c1-3-13(2)22-19(24)16-6-4-5-14(11-16)12-21-18(23)15-7-9-17(20)10-8-15/h4-11,13H,3,12,20H2,1-2H3,(H,21,23)(H,22,24). The summed E-state index contributed by atoms with van der Waals surface area (Å²) in [5.74, 6) is -0.277. The van der Waals surface area contributed by atoms with Gasteiger partial charge >= 0.3 is 0 Å². The van der Waals surface area contributed by atoms with Gasteiger partial charge in [0, 0.05) is 29.4 Å². The van der Waals surface area contributed by atoms with E-state index in [4.69, 9.17) is 5.73 Å². The number of hydrogen-bond donors (Lipinski definition) is 3. The van der Waals surface area contributed by atoms with Crippen LogP contribution < -0.4 is 16.4 Å². The molecular formula is C19H23N3O2. The third kappa shape index (κ3) is 4.84. The molecule has 1 atom stereocenters. The summed E-state index contributed by atoms with van der Waals surface area (Å²) in [6.07, 6.45) is 0.878. The molecular weight excluding hydrogens is 302 g/mol. The molecule has 2 aromatic rings. The molecule has 0 spiro atoms. The van der Waals surface area contributed by atoms with Crippen molar-refractivity contribution in [2.24, 2.45) is 0 Å². The molecule has 5 nitrogen and oxygen atoms in total. The number of carbonyl (C=O) groups is 2. The summed E-state index contributed by atoms with van der Waals surface area (Å²) >= 11 is 0. The van der Waals surface area contributed by atoms with Gasteiger partial charge in [-0.2, -0.15) is 0 Å². The van der Waals surface area contributed by atoms with E-state index in [0.717, 1.165) is 12.0 Å². The number of carbonyl (C=O) groups excluding carboxylic acids is 2. The van der Waals surface area contributed by atoms with Crippen LogP contribution in [0.15, 0.2) is 48.5 Å². The van der Waals surface area contributed by atoms with Crippen molar-refractivity contribution >= 4 is 17.5 Å². The highest BCUT2D eigenvalue weighted by atomic mass is 16.2. The van der Waals surface area contributed by atoms with E-state index in [2.05, 4.69) is 10.6 Å². The van der Waals surface area contributed by atoms with Crippen molar-refractivity contribution in [1.29, 1.82) is 0 Å². The molecule has 0 bridgehead atoms. The smallest absolute Gasteiger partial charge is 0.251 e. The normalized spacial score (nSPS) is 11.6. The van der Waals surface area contributed by atoms with E-state index in [1.807, 2.05) is 26.0 Å². The Morgan fingerprint density at radius 1 is 1.04 bits per heavy atom. The van der Waals surface area contributed by atoms with Gasteiger partial charge in [0.2, 0.25) is 0 Å². The first-order chi connectivity index (χ1) is 11.5. The van der Waals surface area contributed by atoms with Gasteiger partial charge in [0.1, 0.15) is 0 Å². The molecule has 0 saturated carbocycles. The summed E-state index contributed by atoms with van der Waals surface area (Å²) in [4.78, 5) is 24.2. The molecule has 0 aromatic heterocycles. The van der Waals surface area contributed by atoms with Gasteiger partial charge in [-0.3, -0.25) is 9.59 Å². The van der Waals surface area contributed by atoms with Crippen LogP contribution in [0.25, 0.3) is 0 Å². The van der Waals surface area contributed by atoms with E-state index < -0.39 is 0 Å². The van der Waals surface area contributed by atoms with Crippen molar-refractivity contribution in [3.8, 4) is 0 Å². The topological polar surface area (TPSA) is 84.2 Å². The number of hydrogen-bond acceptors (Lipinski definition) is 3. The number of anilines is 1. The average molecular weight is 325 g/mol. The highest BCUT2D eigenvalue weighted by Crippen LogP contribution is 2.08. The summed E-state index contributed by atoms with van der Waals surface area (Å²) in [7, 11) is 0. The average Bonchev–Trinajstić information content (AvgIpc) is 2.60. The molecule has 0 heterocycles. The fourth-order valence-corrected chi connectivity index (χ4v) is 2.15. The second kappa shape index (κ2) is 8.15. The van der Waals surface area contributed by atoms with E-state index >= 15 is 0 Å². The molecule has 2 aromatic carbocycles. The van der Waals surface area contributed by atoms with E-state index in [9.17, 15) is 9.59 Å². The van der Waals surface area contributed by atoms with Gasteiger partial charge in [-0.05, 0) is 55.3 Å². The Bertz CT molecular complexity index is 711. The van der Waals surface area contributed by atoms with Crippen LogP contribution in [0.1, 0.15) is 46.5 Å². The van der Waals surface area contributed by atoms with Crippen LogP contribution in [0.5, 0.6) is 0 Å². The first-order valence-electron chi connectivity index (χ1n) is 8.03. The first-order valence-corrected chi connectivity index (χ1v) is 8.03. The SMILES string of the molecule is CCC(C)NC(=O)c1cccc(CNC(=O)c2ccc(N)cc2)c1. The van der Waals surface area contributed by atoms with Crippen molar-refractivity contribution in [2.45, 2.75) is 32.9 Å². The zero-order chi connectivity index (χ0) is 17.5. The van der Waals surface area contributed by atoms with Crippen molar-refractivity contribution in [3.63, 3.8) is 0 Å². The molecule has 0 saturated heterocycles. The molecule has 0 aliphatic heterocycles. The zero-order valence-electron chi connectivity index (χ0n) is 14.0. The van der Waals surface area contributed by atoms with Gasteiger partial charge < -0.3 is 16.4 Å². The van der Waals surface area contributed by atoms with E-state index in [-0.39, 0.29) is 17.9 Å². The molecule has 0 radical (unpaired) electrons. The minimum atomic E-state index is -0.176. The third-order valence-electron chi connectivity index (χ3n) is 3.80. The van der Waals surface area contributed by atoms with Crippen LogP contribution in [0.3, 0.4) is 0 Å². The zero-order valence-corrected chi connectivity index (χ0v) is 14.0. The summed E-state index contributed by atoms with van der Waals surface area (Å²) in [5, 5.41) is 5.77. The molecule has 24 heavy (non-hydrogen) atoms. The lowest BCUT2D eigenvalue weighted by atomic mass is 10.1. The lowest BCUT2D eigenvalue weighted by Crippen LogP contribution is -2.32. The molecule has 2 rings (SSSR count). The minimum absolute atomic E-state index is 0.101. The summed E-state index contributed by atoms with van der Waals surface area (Å²) in [6, 6.07) is 14.1. The fraction of sp³-hybridized carbons (Fsp3) is 0.263. The van der Waals surface area contributed by atoms with Gasteiger partial charge in [-0.25, -0.2) is 0 Å². The van der Waals surface area contributed by atoms with Crippen LogP contribution in [-0.4, -0.2) is 17.9 Å². The van der Waals surface area contributed by atoms with Crippen molar-refractivity contribution in [3.05, 3.63) is 65.2 Å². The molecule has 1 unspecified atom stereocenters. The van der Waals surface area contributed by atoms with Crippen molar-refractivity contribution in [1.82, 2.24) is 10.6 Å². The Balaban J connectivity index is 1.98.